The molecular weight excluding hydrogens is 302 g/mol. The van der Waals surface area contributed by atoms with Crippen LogP contribution < -0.4 is 5.73 Å². The van der Waals surface area contributed by atoms with Gasteiger partial charge in [-0.05, 0) is 35.2 Å². The van der Waals surface area contributed by atoms with E-state index in [0.29, 0.717) is 0 Å². The molecule has 2 N–H and O–H groups in total. The highest BCUT2D eigenvalue weighted by Crippen LogP contribution is 2.33. The maximum absolute atomic E-state index is 6.55. The molecule has 0 aliphatic rings. The van der Waals surface area contributed by atoms with Gasteiger partial charge in [0, 0.05) is 16.5 Å². The smallest absolute Gasteiger partial charge is 0.0476 e. The molecule has 0 saturated carbocycles. The SMILES string of the molecule is CCCCCCCCCCc1cccc2cc3ccccc3c(N)c12. The second kappa shape index (κ2) is 8.89. The molecule has 25 heavy (non-hydrogen) atoms. The molecule has 0 fully saturated rings. The molecule has 0 atom stereocenters. The van der Waals surface area contributed by atoms with Crippen LogP contribution in [0.5, 0.6) is 0 Å². The van der Waals surface area contributed by atoms with Crippen molar-refractivity contribution in [3.63, 3.8) is 0 Å². The molecule has 3 aromatic carbocycles. The summed E-state index contributed by atoms with van der Waals surface area (Å²) in [5, 5.41) is 4.95. The fourth-order valence-electron chi connectivity index (χ4n) is 3.90. The van der Waals surface area contributed by atoms with Crippen molar-refractivity contribution in [3.05, 3.63) is 54.1 Å². The fourth-order valence-corrected chi connectivity index (χ4v) is 3.90. The second-order valence-corrected chi connectivity index (χ2v) is 7.25. The average molecular weight is 334 g/mol. The van der Waals surface area contributed by atoms with Crippen molar-refractivity contribution in [3.8, 4) is 0 Å². The molecule has 0 spiro atoms. The molecule has 0 radical (unpaired) electrons. The Balaban J connectivity index is 1.67. The Hall–Kier alpha value is -2.02. The Morgan fingerprint density at radius 1 is 0.720 bits per heavy atom. The molecule has 0 aromatic heterocycles. The van der Waals surface area contributed by atoms with E-state index in [9.17, 15) is 0 Å². The first-order valence-corrected chi connectivity index (χ1v) is 10.00. The standard InChI is InChI=1S/C24H31N/c1-2-3-4-5-6-7-8-9-13-19-15-12-16-21-18-20-14-10-11-17-22(20)24(25)23(19)21/h10-12,14-18H,2-9,13,25H2,1H3. The van der Waals surface area contributed by atoms with E-state index in [4.69, 9.17) is 5.73 Å². The van der Waals surface area contributed by atoms with Crippen molar-refractivity contribution in [1.29, 1.82) is 0 Å². The predicted molar refractivity (Wildman–Crippen MR) is 112 cm³/mol. The van der Waals surface area contributed by atoms with Crippen molar-refractivity contribution < 1.29 is 0 Å². The molecule has 3 rings (SSSR count). The molecule has 3 aromatic rings. The third kappa shape index (κ3) is 4.34. The van der Waals surface area contributed by atoms with Gasteiger partial charge in [-0.15, -0.1) is 0 Å². The van der Waals surface area contributed by atoms with Crippen LogP contribution in [0, 0.1) is 0 Å². The summed E-state index contributed by atoms with van der Waals surface area (Å²) >= 11 is 0. The normalized spacial score (nSPS) is 11.4. The molecule has 0 saturated heterocycles. The fraction of sp³-hybridized carbons (Fsp3) is 0.417. The molecule has 1 nitrogen and oxygen atoms in total. The Bertz CT molecular complexity index is 819. The minimum atomic E-state index is 0.947. The number of nitrogen functional groups attached to an aromatic ring is 1. The van der Waals surface area contributed by atoms with E-state index in [-0.39, 0.29) is 0 Å². The zero-order chi connectivity index (χ0) is 17.5. The highest BCUT2D eigenvalue weighted by atomic mass is 14.6. The van der Waals surface area contributed by atoms with Crippen LogP contribution >= 0.6 is 0 Å². The lowest BCUT2D eigenvalue weighted by molar-refractivity contribution is 0.576. The monoisotopic (exact) mass is 333 g/mol. The van der Waals surface area contributed by atoms with Crippen molar-refractivity contribution in [1.82, 2.24) is 0 Å². The van der Waals surface area contributed by atoms with E-state index in [1.165, 1.54) is 78.5 Å². The van der Waals surface area contributed by atoms with Gasteiger partial charge in [-0.25, -0.2) is 0 Å². The maximum Gasteiger partial charge on any atom is 0.0476 e. The van der Waals surface area contributed by atoms with Crippen LogP contribution in [0.2, 0.25) is 0 Å². The van der Waals surface area contributed by atoms with Gasteiger partial charge in [-0.2, -0.15) is 0 Å². The number of nitrogens with two attached hydrogens (primary N) is 1. The lowest BCUT2D eigenvalue weighted by atomic mass is 9.94. The molecular formula is C24H31N. The van der Waals surface area contributed by atoms with Crippen LogP contribution in [0.4, 0.5) is 5.69 Å². The van der Waals surface area contributed by atoms with Crippen LogP contribution in [-0.2, 0) is 6.42 Å². The Morgan fingerprint density at radius 3 is 2.20 bits per heavy atom. The van der Waals surface area contributed by atoms with Gasteiger partial charge in [0.15, 0.2) is 0 Å². The second-order valence-electron chi connectivity index (χ2n) is 7.25. The molecule has 132 valence electrons. The lowest BCUT2D eigenvalue weighted by Crippen LogP contribution is -1.95. The Labute approximate surface area is 152 Å². The number of rotatable bonds is 9. The summed E-state index contributed by atoms with van der Waals surface area (Å²) in [6.45, 7) is 2.28. The molecule has 0 heterocycles. The van der Waals surface area contributed by atoms with E-state index in [2.05, 4.69) is 55.5 Å². The number of aryl methyl sites for hydroxylation is 1. The molecule has 0 aliphatic heterocycles. The van der Waals surface area contributed by atoms with Gasteiger partial charge >= 0.3 is 0 Å². The Kier molecular flexibility index (Phi) is 6.33. The largest absolute Gasteiger partial charge is 0.398 e. The van der Waals surface area contributed by atoms with Crippen LogP contribution in [0.3, 0.4) is 0 Å². The van der Waals surface area contributed by atoms with E-state index in [1.54, 1.807) is 0 Å². The molecule has 0 aliphatic carbocycles. The average Bonchev–Trinajstić information content (AvgIpc) is 2.64. The van der Waals surface area contributed by atoms with Gasteiger partial charge in [0.1, 0.15) is 0 Å². The van der Waals surface area contributed by atoms with E-state index >= 15 is 0 Å². The predicted octanol–water partition coefficient (Wildman–Crippen LogP) is 7.26. The highest BCUT2D eigenvalue weighted by molar-refractivity contribution is 6.11. The minimum Gasteiger partial charge on any atom is -0.398 e. The number of hydrogen-bond donors (Lipinski definition) is 1. The Morgan fingerprint density at radius 2 is 1.40 bits per heavy atom. The summed E-state index contributed by atoms with van der Waals surface area (Å²) in [5.74, 6) is 0. The lowest BCUT2D eigenvalue weighted by Gasteiger charge is -2.12. The van der Waals surface area contributed by atoms with Crippen LogP contribution in [0.25, 0.3) is 21.5 Å². The van der Waals surface area contributed by atoms with Gasteiger partial charge in [-0.1, -0.05) is 94.3 Å². The molecule has 0 bridgehead atoms. The van der Waals surface area contributed by atoms with E-state index in [0.717, 1.165) is 12.1 Å². The summed E-state index contributed by atoms with van der Waals surface area (Å²) in [6.07, 6.45) is 12.0. The topological polar surface area (TPSA) is 26.0 Å². The first kappa shape index (κ1) is 17.8. The third-order valence-corrected chi connectivity index (χ3v) is 5.31. The van der Waals surface area contributed by atoms with Crippen molar-refractivity contribution >= 4 is 27.2 Å². The number of anilines is 1. The van der Waals surface area contributed by atoms with Crippen LogP contribution in [-0.4, -0.2) is 0 Å². The maximum atomic E-state index is 6.55. The first-order chi connectivity index (χ1) is 12.3. The van der Waals surface area contributed by atoms with Crippen LogP contribution in [0.15, 0.2) is 48.5 Å². The van der Waals surface area contributed by atoms with Crippen molar-refractivity contribution in [2.24, 2.45) is 0 Å². The van der Waals surface area contributed by atoms with Crippen LogP contribution in [0.1, 0.15) is 63.9 Å². The highest BCUT2D eigenvalue weighted by Gasteiger charge is 2.08. The van der Waals surface area contributed by atoms with Gasteiger partial charge in [-0.3, -0.25) is 0 Å². The number of fused-ring (bicyclic) bond motifs is 2. The summed E-state index contributed by atoms with van der Waals surface area (Å²) in [6, 6.07) is 17.3. The summed E-state index contributed by atoms with van der Waals surface area (Å²) in [5.41, 5.74) is 8.91. The minimum absolute atomic E-state index is 0.947. The summed E-state index contributed by atoms with van der Waals surface area (Å²) in [4.78, 5) is 0. The van der Waals surface area contributed by atoms with Gasteiger partial charge < -0.3 is 5.73 Å². The van der Waals surface area contributed by atoms with E-state index < -0.39 is 0 Å². The summed E-state index contributed by atoms with van der Waals surface area (Å²) in [7, 11) is 0. The van der Waals surface area contributed by atoms with Gasteiger partial charge in [0.25, 0.3) is 0 Å². The quantitative estimate of drug-likeness (QED) is 0.249. The zero-order valence-electron chi connectivity index (χ0n) is 15.6. The number of hydrogen-bond acceptors (Lipinski definition) is 1. The van der Waals surface area contributed by atoms with Crippen molar-refractivity contribution in [2.75, 3.05) is 5.73 Å². The molecule has 0 amide bonds. The molecule has 0 unspecified atom stereocenters. The van der Waals surface area contributed by atoms with Crippen molar-refractivity contribution in [2.45, 2.75) is 64.7 Å². The molecule has 1 heteroatoms. The number of unbranched alkanes of at least 4 members (excludes halogenated alkanes) is 7. The zero-order valence-corrected chi connectivity index (χ0v) is 15.6. The summed E-state index contributed by atoms with van der Waals surface area (Å²) < 4.78 is 0. The first-order valence-electron chi connectivity index (χ1n) is 10.00. The number of benzene rings is 3. The van der Waals surface area contributed by atoms with Gasteiger partial charge in [0.2, 0.25) is 0 Å². The third-order valence-electron chi connectivity index (χ3n) is 5.31. The van der Waals surface area contributed by atoms with E-state index in [1.807, 2.05) is 0 Å². The van der Waals surface area contributed by atoms with Gasteiger partial charge in [0.05, 0.1) is 0 Å².